The molecular formula is C14H20ClNO. The summed E-state index contributed by atoms with van der Waals surface area (Å²) in [4.78, 5) is 0. The molecule has 2 nitrogen and oxygen atoms in total. The lowest BCUT2D eigenvalue weighted by Crippen LogP contribution is -2.33. The van der Waals surface area contributed by atoms with E-state index in [9.17, 15) is 0 Å². The van der Waals surface area contributed by atoms with E-state index in [-0.39, 0.29) is 0 Å². The molecule has 17 heavy (non-hydrogen) atoms. The van der Waals surface area contributed by atoms with E-state index in [0.29, 0.717) is 12.1 Å². The Morgan fingerprint density at radius 2 is 2.35 bits per heavy atom. The van der Waals surface area contributed by atoms with Crippen LogP contribution in [-0.4, -0.2) is 19.3 Å². The summed E-state index contributed by atoms with van der Waals surface area (Å²) in [5.41, 5.74) is 1.23. The Hall–Kier alpha value is -0.570. The summed E-state index contributed by atoms with van der Waals surface area (Å²) in [5.74, 6) is 0. The van der Waals surface area contributed by atoms with Crippen molar-refractivity contribution in [2.24, 2.45) is 0 Å². The molecule has 0 radical (unpaired) electrons. The molecule has 0 aliphatic carbocycles. The topological polar surface area (TPSA) is 21.3 Å². The van der Waals surface area contributed by atoms with Gasteiger partial charge in [0.05, 0.1) is 6.10 Å². The highest BCUT2D eigenvalue weighted by molar-refractivity contribution is 6.30. The van der Waals surface area contributed by atoms with E-state index >= 15 is 0 Å². The Bertz CT molecular complexity index is 350. The minimum atomic E-state index is 0.319. The van der Waals surface area contributed by atoms with Crippen LogP contribution in [0, 0.1) is 0 Å². The van der Waals surface area contributed by atoms with Crippen molar-refractivity contribution in [1.29, 1.82) is 0 Å². The van der Waals surface area contributed by atoms with Gasteiger partial charge < -0.3 is 10.1 Å². The van der Waals surface area contributed by atoms with Crippen LogP contribution >= 0.6 is 11.6 Å². The highest BCUT2D eigenvalue weighted by atomic mass is 35.5. The van der Waals surface area contributed by atoms with Gasteiger partial charge in [-0.3, -0.25) is 0 Å². The number of ether oxygens (including phenoxy) is 1. The zero-order valence-corrected chi connectivity index (χ0v) is 11.0. The van der Waals surface area contributed by atoms with Crippen molar-refractivity contribution < 1.29 is 4.74 Å². The summed E-state index contributed by atoms with van der Waals surface area (Å²) in [6, 6.07) is 8.33. The lowest BCUT2D eigenvalue weighted by Gasteiger charge is -2.25. The molecule has 0 spiro atoms. The first-order valence-corrected chi connectivity index (χ1v) is 6.74. The van der Waals surface area contributed by atoms with Gasteiger partial charge in [-0.25, -0.2) is 0 Å². The zero-order chi connectivity index (χ0) is 12.1. The fourth-order valence-corrected chi connectivity index (χ4v) is 2.37. The summed E-state index contributed by atoms with van der Waals surface area (Å²) in [6.45, 7) is 4.00. The molecule has 1 fully saturated rings. The molecule has 0 aromatic heterocycles. The molecule has 1 heterocycles. The minimum absolute atomic E-state index is 0.319. The van der Waals surface area contributed by atoms with Crippen molar-refractivity contribution in [3.8, 4) is 0 Å². The summed E-state index contributed by atoms with van der Waals surface area (Å²) >= 11 is 5.99. The van der Waals surface area contributed by atoms with Gasteiger partial charge in [0.1, 0.15) is 0 Å². The third-order valence-electron chi connectivity index (χ3n) is 3.27. The third kappa shape index (κ3) is 3.98. The molecule has 3 heteroatoms. The average molecular weight is 254 g/mol. The number of nitrogens with one attached hydrogen (secondary N) is 1. The maximum Gasteiger partial charge on any atom is 0.0699 e. The van der Waals surface area contributed by atoms with E-state index in [1.54, 1.807) is 0 Å². The Balaban J connectivity index is 1.82. The molecule has 94 valence electrons. The summed E-state index contributed by atoms with van der Waals surface area (Å²) in [5, 5.41) is 4.31. The second kappa shape index (κ2) is 6.39. The van der Waals surface area contributed by atoms with Crippen molar-refractivity contribution in [3.63, 3.8) is 0 Å². The van der Waals surface area contributed by atoms with Crippen LogP contribution in [0.4, 0.5) is 0 Å². The highest BCUT2D eigenvalue weighted by Crippen LogP contribution is 2.18. The van der Waals surface area contributed by atoms with E-state index in [1.807, 2.05) is 18.2 Å². The largest absolute Gasteiger partial charge is 0.377 e. The molecule has 1 saturated heterocycles. The predicted molar refractivity (Wildman–Crippen MR) is 71.5 cm³/mol. The average Bonchev–Trinajstić information content (AvgIpc) is 2.37. The molecule has 1 aliphatic rings. The molecule has 1 aromatic carbocycles. The fraction of sp³-hybridized carbons (Fsp3) is 0.571. The lowest BCUT2D eigenvalue weighted by molar-refractivity contribution is 0.0156. The number of benzene rings is 1. The Labute approximate surface area is 108 Å². The fourth-order valence-electron chi connectivity index (χ4n) is 2.17. The first-order valence-electron chi connectivity index (χ1n) is 6.36. The molecule has 1 unspecified atom stereocenters. The first kappa shape index (κ1) is 12.9. The maximum absolute atomic E-state index is 5.99. The van der Waals surface area contributed by atoms with Crippen LogP contribution in [0.5, 0.6) is 0 Å². The highest BCUT2D eigenvalue weighted by Gasteiger charge is 2.14. The maximum atomic E-state index is 5.99. The second-order valence-corrected chi connectivity index (χ2v) is 5.11. The third-order valence-corrected chi connectivity index (χ3v) is 3.51. The zero-order valence-electron chi connectivity index (χ0n) is 10.3. The van der Waals surface area contributed by atoms with Gasteiger partial charge in [0.25, 0.3) is 0 Å². The van der Waals surface area contributed by atoms with Crippen molar-refractivity contribution in [2.45, 2.75) is 38.3 Å². The van der Waals surface area contributed by atoms with Gasteiger partial charge >= 0.3 is 0 Å². The van der Waals surface area contributed by atoms with Crippen LogP contribution < -0.4 is 5.32 Å². The summed E-state index contributed by atoms with van der Waals surface area (Å²) in [6.07, 6.45) is 4.05. The number of hydrogen-bond donors (Lipinski definition) is 1. The summed E-state index contributed by atoms with van der Waals surface area (Å²) in [7, 11) is 0. The Kier molecular flexibility index (Phi) is 4.84. The van der Waals surface area contributed by atoms with Crippen molar-refractivity contribution >= 4 is 11.6 Å². The normalized spacial score (nSPS) is 22.4. The van der Waals surface area contributed by atoms with Gasteiger partial charge in [0, 0.05) is 24.2 Å². The van der Waals surface area contributed by atoms with Crippen LogP contribution in [-0.2, 0) is 4.74 Å². The molecule has 0 bridgehead atoms. The van der Waals surface area contributed by atoms with E-state index in [1.165, 1.54) is 24.8 Å². The standard InChI is InChI=1S/C14H20ClNO/c1-11(12-5-4-6-13(15)9-12)16-10-14-7-2-3-8-17-14/h4-6,9,11,14,16H,2-3,7-8,10H2,1H3/t11-,14?/m1/s1. The van der Waals surface area contributed by atoms with Crippen LogP contribution in [0.25, 0.3) is 0 Å². The molecule has 1 aliphatic heterocycles. The Morgan fingerprint density at radius 1 is 1.47 bits per heavy atom. The van der Waals surface area contributed by atoms with Gasteiger partial charge in [-0.2, -0.15) is 0 Å². The number of halogens is 1. The van der Waals surface area contributed by atoms with E-state index < -0.39 is 0 Å². The van der Waals surface area contributed by atoms with Crippen molar-refractivity contribution in [2.75, 3.05) is 13.2 Å². The molecule has 2 rings (SSSR count). The van der Waals surface area contributed by atoms with Gasteiger partial charge in [-0.1, -0.05) is 23.7 Å². The smallest absolute Gasteiger partial charge is 0.0699 e. The van der Waals surface area contributed by atoms with Gasteiger partial charge in [0.2, 0.25) is 0 Å². The van der Waals surface area contributed by atoms with Crippen LogP contribution in [0.15, 0.2) is 24.3 Å². The molecule has 0 amide bonds. The summed E-state index contributed by atoms with van der Waals surface area (Å²) < 4.78 is 5.70. The van der Waals surface area contributed by atoms with Gasteiger partial charge in [-0.15, -0.1) is 0 Å². The molecule has 1 aromatic rings. The van der Waals surface area contributed by atoms with Crippen LogP contribution in [0.2, 0.25) is 5.02 Å². The number of hydrogen-bond acceptors (Lipinski definition) is 2. The molecule has 2 atom stereocenters. The van der Waals surface area contributed by atoms with Gasteiger partial charge in [0.15, 0.2) is 0 Å². The second-order valence-electron chi connectivity index (χ2n) is 4.67. The Morgan fingerprint density at radius 3 is 3.06 bits per heavy atom. The monoisotopic (exact) mass is 253 g/mol. The predicted octanol–water partition coefficient (Wildman–Crippen LogP) is 3.56. The minimum Gasteiger partial charge on any atom is -0.377 e. The van der Waals surface area contributed by atoms with Gasteiger partial charge in [-0.05, 0) is 43.9 Å². The molecule has 0 saturated carbocycles. The van der Waals surface area contributed by atoms with Crippen LogP contribution in [0.1, 0.15) is 37.8 Å². The quantitative estimate of drug-likeness (QED) is 0.886. The lowest BCUT2D eigenvalue weighted by atomic mass is 10.1. The van der Waals surface area contributed by atoms with Crippen molar-refractivity contribution in [1.82, 2.24) is 5.32 Å². The van der Waals surface area contributed by atoms with Crippen LogP contribution in [0.3, 0.4) is 0 Å². The SMILES string of the molecule is C[C@@H](NCC1CCCCO1)c1cccc(Cl)c1. The van der Waals surface area contributed by atoms with Crippen molar-refractivity contribution in [3.05, 3.63) is 34.9 Å². The first-order chi connectivity index (χ1) is 8.25. The van der Waals surface area contributed by atoms with E-state index in [2.05, 4.69) is 18.3 Å². The van der Waals surface area contributed by atoms with E-state index in [0.717, 1.165) is 18.2 Å². The van der Waals surface area contributed by atoms with E-state index in [4.69, 9.17) is 16.3 Å². The molecular weight excluding hydrogens is 234 g/mol. The molecule has 1 N–H and O–H groups in total. The number of rotatable bonds is 4.